The van der Waals surface area contributed by atoms with E-state index in [9.17, 15) is 14.4 Å². The van der Waals surface area contributed by atoms with Crippen LogP contribution in [0.3, 0.4) is 0 Å². The molecule has 0 unspecified atom stereocenters. The van der Waals surface area contributed by atoms with Gasteiger partial charge < -0.3 is 15.1 Å². The molecule has 31 heavy (non-hydrogen) atoms. The van der Waals surface area contributed by atoms with Gasteiger partial charge in [-0.25, -0.2) is 0 Å². The van der Waals surface area contributed by atoms with E-state index < -0.39 is 0 Å². The number of fused-ring (bicyclic) bond motifs is 1. The van der Waals surface area contributed by atoms with Crippen LogP contribution in [0.4, 0.5) is 5.69 Å². The average Bonchev–Trinajstić information content (AvgIpc) is 3.18. The molecule has 1 aromatic heterocycles. The minimum atomic E-state index is -0.281. The zero-order valence-corrected chi connectivity index (χ0v) is 17.5. The van der Waals surface area contributed by atoms with Gasteiger partial charge in [0, 0.05) is 44.2 Å². The molecule has 2 N–H and O–H groups in total. The smallest absolute Gasteiger partial charge is 0.251 e. The predicted molar refractivity (Wildman–Crippen MR) is 120 cm³/mol. The van der Waals surface area contributed by atoms with E-state index in [0.29, 0.717) is 5.69 Å². The van der Waals surface area contributed by atoms with Crippen molar-refractivity contribution in [3.8, 4) is 0 Å². The second-order valence-electron chi connectivity index (χ2n) is 7.04. The molecule has 8 nitrogen and oxygen atoms in total. The average molecular weight is 419 g/mol. The lowest BCUT2D eigenvalue weighted by atomic mass is 10.2. The maximum atomic E-state index is 13.0. The van der Waals surface area contributed by atoms with Crippen molar-refractivity contribution in [2.75, 3.05) is 31.6 Å². The quantitative estimate of drug-likeness (QED) is 0.547. The first kappa shape index (κ1) is 21.8. The number of nitrogens with one attached hydrogen (secondary N) is 2. The lowest BCUT2D eigenvalue weighted by molar-refractivity contribution is -0.133. The number of aromatic nitrogens is 2. The summed E-state index contributed by atoms with van der Waals surface area (Å²) in [4.78, 5) is 39.1. The maximum Gasteiger partial charge on any atom is 0.251 e. The van der Waals surface area contributed by atoms with Crippen LogP contribution >= 0.6 is 0 Å². The van der Waals surface area contributed by atoms with Gasteiger partial charge >= 0.3 is 0 Å². The highest BCUT2D eigenvalue weighted by Crippen LogP contribution is 2.17. The Morgan fingerprint density at radius 1 is 1.06 bits per heavy atom. The summed E-state index contributed by atoms with van der Waals surface area (Å²) in [6.45, 7) is 1.91. The minimum Gasteiger partial charge on any atom is -0.353 e. The highest BCUT2D eigenvalue weighted by molar-refractivity contribution is 6.04. The standard InChI is InChI=1S/C23H25N5O3/c1-17(29)27(2)16-22(30)24-14-15-28(18-8-4-3-5-9-18)23(31)13-12-21-19-10-6-7-11-20(19)25-26-21/h3-13H,14-16H2,1-2H3,(H,24,30)(H,25,26)/b13-12+. The number of rotatable bonds is 8. The number of amides is 3. The summed E-state index contributed by atoms with van der Waals surface area (Å²) in [5.41, 5.74) is 2.30. The molecule has 1 heterocycles. The maximum absolute atomic E-state index is 13.0. The third-order valence-electron chi connectivity index (χ3n) is 4.79. The number of likely N-dealkylation sites (N-methyl/N-ethyl adjacent to an activating group) is 1. The number of hydrogen-bond acceptors (Lipinski definition) is 4. The Balaban J connectivity index is 1.68. The van der Waals surface area contributed by atoms with Crippen molar-refractivity contribution < 1.29 is 14.4 Å². The number of para-hydroxylation sites is 2. The van der Waals surface area contributed by atoms with Crippen LogP contribution in [0, 0.1) is 0 Å². The minimum absolute atomic E-state index is 0.0270. The van der Waals surface area contributed by atoms with Gasteiger partial charge in [0.2, 0.25) is 11.8 Å². The summed E-state index contributed by atoms with van der Waals surface area (Å²) in [7, 11) is 1.56. The van der Waals surface area contributed by atoms with Crippen molar-refractivity contribution in [2.45, 2.75) is 6.92 Å². The van der Waals surface area contributed by atoms with Crippen LogP contribution in [-0.4, -0.2) is 59.5 Å². The van der Waals surface area contributed by atoms with Crippen LogP contribution in [-0.2, 0) is 14.4 Å². The van der Waals surface area contributed by atoms with Gasteiger partial charge in [0.25, 0.3) is 5.91 Å². The van der Waals surface area contributed by atoms with Crippen molar-refractivity contribution in [2.24, 2.45) is 0 Å². The topological polar surface area (TPSA) is 98.4 Å². The van der Waals surface area contributed by atoms with Crippen LogP contribution < -0.4 is 10.2 Å². The van der Waals surface area contributed by atoms with Crippen molar-refractivity contribution >= 4 is 40.4 Å². The fourth-order valence-electron chi connectivity index (χ4n) is 3.02. The van der Waals surface area contributed by atoms with Gasteiger partial charge in [-0.3, -0.25) is 19.5 Å². The Morgan fingerprint density at radius 3 is 2.52 bits per heavy atom. The van der Waals surface area contributed by atoms with E-state index >= 15 is 0 Å². The Kier molecular flexibility index (Phi) is 7.16. The number of H-pyrrole nitrogens is 1. The molecule has 0 atom stereocenters. The molecule has 0 aliphatic carbocycles. The second kappa shape index (κ2) is 10.2. The lowest BCUT2D eigenvalue weighted by Gasteiger charge is -2.22. The SMILES string of the molecule is CC(=O)N(C)CC(=O)NCCN(C(=O)/C=C/c1n[nH]c2ccccc12)c1ccccc1. The number of aromatic amines is 1. The number of benzene rings is 2. The molecule has 3 aromatic rings. The number of carbonyl (C=O) groups is 3. The number of anilines is 1. The summed E-state index contributed by atoms with van der Waals surface area (Å²) >= 11 is 0. The van der Waals surface area contributed by atoms with Gasteiger partial charge in [0.05, 0.1) is 17.8 Å². The highest BCUT2D eigenvalue weighted by Gasteiger charge is 2.15. The number of carbonyl (C=O) groups excluding carboxylic acids is 3. The molecule has 3 rings (SSSR count). The van der Waals surface area contributed by atoms with E-state index in [2.05, 4.69) is 15.5 Å². The summed E-state index contributed by atoms with van der Waals surface area (Å²) < 4.78 is 0. The Hall–Kier alpha value is -3.94. The van der Waals surface area contributed by atoms with Gasteiger partial charge in [0.15, 0.2) is 0 Å². The van der Waals surface area contributed by atoms with Crippen molar-refractivity contribution in [1.82, 2.24) is 20.4 Å². The highest BCUT2D eigenvalue weighted by atomic mass is 16.2. The van der Waals surface area contributed by atoms with Crippen molar-refractivity contribution in [3.63, 3.8) is 0 Å². The molecule has 2 aromatic carbocycles. The zero-order valence-electron chi connectivity index (χ0n) is 17.5. The summed E-state index contributed by atoms with van der Waals surface area (Å²) in [6.07, 6.45) is 3.15. The Morgan fingerprint density at radius 2 is 1.77 bits per heavy atom. The number of hydrogen-bond donors (Lipinski definition) is 2. The van der Waals surface area contributed by atoms with Crippen LogP contribution in [0.5, 0.6) is 0 Å². The molecule has 0 bridgehead atoms. The molecule has 0 radical (unpaired) electrons. The van der Waals surface area contributed by atoms with E-state index in [-0.39, 0.29) is 37.4 Å². The summed E-state index contributed by atoms with van der Waals surface area (Å²) in [6, 6.07) is 16.9. The zero-order chi connectivity index (χ0) is 22.2. The molecule has 8 heteroatoms. The predicted octanol–water partition coefficient (Wildman–Crippen LogP) is 2.20. The van der Waals surface area contributed by atoms with Gasteiger partial charge in [-0.1, -0.05) is 36.4 Å². The largest absolute Gasteiger partial charge is 0.353 e. The van der Waals surface area contributed by atoms with E-state index in [1.54, 1.807) is 18.0 Å². The van der Waals surface area contributed by atoms with Crippen LogP contribution in [0.2, 0.25) is 0 Å². The van der Waals surface area contributed by atoms with E-state index in [1.807, 2.05) is 54.6 Å². The van der Waals surface area contributed by atoms with Crippen molar-refractivity contribution in [1.29, 1.82) is 0 Å². The van der Waals surface area contributed by atoms with E-state index in [1.165, 1.54) is 17.9 Å². The van der Waals surface area contributed by atoms with Crippen LogP contribution in [0.15, 0.2) is 60.7 Å². The molecular weight excluding hydrogens is 394 g/mol. The van der Waals surface area contributed by atoms with Gasteiger partial charge in [0.1, 0.15) is 0 Å². The van der Waals surface area contributed by atoms with Crippen LogP contribution in [0.1, 0.15) is 12.6 Å². The normalized spacial score (nSPS) is 10.9. The third kappa shape index (κ3) is 5.79. The molecule has 3 amide bonds. The summed E-state index contributed by atoms with van der Waals surface area (Å²) in [5, 5.41) is 10.9. The number of nitrogens with zero attached hydrogens (tertiary/aromatic N) is 3. The van der Waals surface area contributed by atoms with Gasteiger partial charge in [-0.2, -0.15) is 5.10 Å². The fourth-order valence-corrected chi connectivity index (χ4v) is 3.02. The Labute approximate surface area is 180 Å². The first-order chi connectivity index (χ1) is 15.0. The molecule has 0 saturated carbocycles. The van der Waals surface area contributed by atoms with Crippen molar-refractivity contribution in [3.05, 3.63) is 66.4 Å². The summed E-state index contributed by atoms with van der Waals surface area (Å²) in [5.74, 6) is -0.697. The molecule has 0 spiro atoms. The fraction of sp³-hybridized carbons (Fsp3) is 0.217. The molecule has 0 saturated heterocycles. The molecule has 0 aliphatic rings. The van der Waals surface area contributed by atoms with Gasteiger partial charge in [-0.15, -0.1) is 0 Å². The van der Waals surface area contributed by atoms with Crippen LogP contribution in [0.25, 0.3) is 17.0 Å². The third-order valence-corrected chi connectivity index (χ3v) is 4.79. The molecule has 0 aliphatic heterocycles. The van der Waals surface area contributed by atoms with E-state index in [4.69, 9.17) is 0 Å². The lowest BCUT2D eigenvalue weighted by Crippen LogP contribution is -2.42. The Bertz CT molecular complexity index is 1090. The molecular formula is C23H25N5O3. The molecule has 0 fully saturated rings. The van der Waals surface area contributed by atoms with Gasteiger partial charge in [-0.05, 0) is 24.3 Å². The monoisotopic (exact) mass is 419 g/mol. The first-order valence-corrected chi connectivity index (χ1v) is 9.92. The first-order valence-electron chi connectivity index (χ1n) is 9.92. The van der Waals surface area contributed by atoms with E-state index in [0.717, 1.165) is 16.6 Å². The second-order valence-corrected chi connectivity index (χ2v) is 7.04. The molecule has 160 valence electrons.